The van der Waals surface area contributed by atoms with Crippen molar-refractivity contribution in [3.63, 3.8) is 0 Å². The number of rotatable bonds is 4. The largest absolute Gasteiger partial charge is 0.338 e. The first-order valence-electron chi connectivity index (χ1n) is 8.41. The Labute approximate surface area is 166 Å². The molecule has 1 aliphatic rings. The van der Waals surface area contributed by atoms with E-state index >= 15 is 0 Å². The summed E-state index contributed by atoms with van der Waals surface area (Å²) in [4.78, 5) is 28.5. The van der Waals surface area contributed by atoms with Gasteiger partial charge in [0.05, 0.1) is 16.6 Å². The second-order valence-electron chi connectivity index (χ2n) is 6.65. The van der Waals surface area contributed by atoms with E-state index in [1.807, 2.05) is 37.3 Å². The molecule has 0 spiro atoms. The average molecular weight is 436 g/mol. The Morgan fingerprint density at radius 2 is 1.96 bits per heavy atom. The number of nitrogens with zero attached hydrogens (tertiary/aromatic N) is 2. The molecule has 0 bridgehead atoms. The fraction of sp³-hybridized carbons (Fsp3) is 0.300. The van der Waals surface area contributed by atoms with Crippen molar-refractivity contribution >= 4 is 45.0 Å². The average Bonchev–Trinajstić information content (AvgIpc) is 2.96. The Kier molecular flexibility index (Phi) is 5.68. The van der Waals surface area contributed by atoms with E-state index in [-0.39, 0.29) is 24.2 Å². The molecule has 2 aromatic carbocycles. The Bertz CT molecular complexity index is 838. The van der Waals surface area contributed by atoms with Crippen molar-refractivity contribution in [2.45, 2.75) is 19.9 Å². The molecule has 4 nitrogen and oxygen atoms in total. The van der Waals surface area contributed by atoms with E-state index in [9.17, 15) is 9.59 Å². The number of carbonyl (C=O) groups is 2. The lowest BCUT2D eigenvalue weighted by atomic mass is 10.1. The summed E-state index contributed by atoms with van der Waals surface area (Å²) < 4.78 is 0.854. The molecular formula is C20H20BrClN2O2. The molecule has 0 radical (unpaired) electrons. The third-order valence-electron chi connectivity index (χ3n) is 4.66. The van der Waals surface area contributed by atoms with Crippen LogP contribution in [0, 0.1) is 12.8 Å². The second-order valence-corrected chi connectivity index (χ2v) is 7.98. The van der Waals surface area contributed by atoms with Crippen molar-refractivity contribution in [2.75, 3.05) is 18.5 Å². The zero-order valence-corrected chi connectivity index (χ0v) is 17.0. The topological polar surface area (TPSA) is 40.6 Å². The molecule has 1 unspecified atom stereocenters. The fourth-order valence-corrected chi connectivity index (χ4v) is 3.95. The third-order valence-corrected chi connectivity index (χ3v) is 5.46. The Morgan fingerprint density at radius 3 is 2.62 bits per heavy atom. The van der Waals surface area contributed by atoms with Crippen molar-refractivity contribution in [3.05, 3.63) is 63.1 Å². The van der Waals surface area contributed by atoms with Gasteiger partial charge >= 0.3 is 0 Å². The highest BCUT2D eigenvalue weighted by Gasteiger charge is 2.36. The number of aryl methyl sites for hydroxylation is 1. The number of benzene rings is 2. The normalized spacial score (nSPS) is 16.8. The Balaban J connectivity index is 1.69. The first-order chi connectivity index (χ1) is 12.3. The second kappa shape index (κ2) is 7.80. The monoisotopic (exact) mass is 434 g/mol. The van der Waals surface area contributed by atoms with Gasteiger partial charge in [-0.05, 0) is 30.7 Å². The standard InChI is InChI=1S/C20H20BrClN2O2/c1-13-3-5-14(6-4-13)11-24-12-15(9-19(24)25)20(26)23(2)18-8-7-16(21)10-17(18)22/h3-8,10,15H,9,11-12H2,1-2H3. The summed E-state index contributed by atoms with van der Waals surface area (Å²) in [6, 6.07) is 13.5. The maximum absolute atomic E-state index is 12.8. The van der Waals surface area contributed by atoms with E-state index in [2.05, 4.69) is 15.9 Å². The van der Waals surface area contributed by atoms with Crippen LogP contribution in [0.5, 0.6) is 0 Å². The zero-order valence-electron chi connectivity index (χ0n) is 14.7. The molecule has 0 saturated carbocycles. The van der Waals surface area contributed by atoms with Crippen molar-refractivity contribution in [1.29, 1.82) is 0 Å². The van der Waals surface area contributed by atoms with Crippen LogP contribution in [0.25, 0.3) is 0 Å². The van der Waals surface area contributed by atoms with Crippen LogP contribution < -0.4 is 4.90 Å². The molecule has 2 aromatic rings. The fourth-order valence-electron chi connectivity index (χ4n) is 3.15. The first kappa shape index (κ1) is 18.9. The van der Waals surface area contributed by atoms with Crippen LogP contribution in [0.15, 0.2) is 46.9 Å². The first-order valence-corrected chi connectivity index (χ1v) is 9.58. The molecule has 1 aliphatic heterocycles. The van der Waals surface area contributed by atoms with E-state index in [1.54, 1.807) is 29.0 Å². The van der Waals surface area contributed by atoms with Gasteiger partial charge in [0.25, 0.3) is 0 Å². The minimum Gasteiger partial charge on any atom is -0.338 e. The van der Waals surface area contributed by atoms with Crippen LogP contribution in [0.3, 0.4) is 0 Å². The highest BCUT2D eigenvalue weighted by molar-refractivity contribution is 9.10. The van der Waals surface area contributed by atoms with Crippen LogP contribution in [-0.2, 0) is 16.1 Å². The third kappa shape index (κ3) is 4.10. The summed E-state index contributed by atoms with van der Waals surface area (Å²) >= 11 is 9.61. The van der Waals surface area contributed by atoms with E-state index < -0.39 is 0 Å². The summed E-state index contributed by atoms with van der Waals surface area (Å²) in [5, 5.41) is 0.496. The smallest absolute Gasteiger partial charge is 0.232 e. The maximum Gasteiger partial charge on any atom is 0.232 e. The van der Waals surface area contributed by atoms with Gasteiger partial charge in [0, 0.05) is 31.0 Å². The predicted molar refractivity (Wildman–Crippen MR) is 107 cm³/mol. The highest BCUT2D eigenvalue weighted by atomic mass is 79.9. The molecule has 1 atom stereocenters. The van der Waals surface area contributed by atoms with Gasteiger partial charge in [-0.15, -0.1) is 0 Å². The molecule has 1 heterocycles. The van der Waals surface area contributed by atoms with E-state index in [4.69, 9.17) is 11.6 Å². The van der Waals surface area contributed by atoms with Gasteiger partial charge in [-0.2, -0.15) is 0 Å². The van der Waals surface area contributed by atoms with Gasteiger partial charge in [-0.1, -0.05) is 57.4 Å². The lowest BCUT2D eigenvalue weighted by Gasteiger charge is -2.22. The number of hydrogen-bond donors (Lipinski definition) is 0. The van der Waals surface area contributed by atoms with Gasteiger partial charge in [0.1, 0.15) is 0 Å². The van der Waals surface area contributed by atoms with E-state index in [1.165, 1.54) is 5.56 Å². The molecule has 1 saturated heterocycles. The Hall–Kier alpha value is -1.85. The van der Waals surface area contributed by atoms with Crippen LogP contribution in [0.1, 0.15) is 17.5 Å². The van der Waals surface area contributed by atoms with Crippen LogP contribution in [0.2, 0.25) is 5.02 Å². The molecular weight excluding hydrogens is 416 g/mol. The molecule has 26 heavy (non-hydrogen) atoms. The number of halogens is 2. The van der Waals surface area contributed by atoms with Gasteiger partial charge < -0.3 is 9.80 Å². The summed E-state index contributed by atoms with van der Waals surface area (Å²) in [5.41, 5.74) is 2.90. The van der Waals surface area contributed by atoms with Crippen molar-refractivity contribution in [2.24, 2.45) is 5.92 Å². The molecule has 0 aromatic heterocycles. The van der Waals surface area contributed by atoms with Gasteiger partial charge in [-0.3, -0.25) is 9.59 Å². The number of carbonyl (C=O) groups excluding carboxylic acids is 2. The van der Waals surface area contributed by atoms with Crippen molar-refractivity contribution < 1.29 is 9.59 Å². The summed E-state index contributed by atoms with van der Waals surface area (Å²) in [6.45, 7) is 3.00. The zero-order chi connectivity index (χ0) is 18.8. The van der Waals surface area contributed by atoms with Crippen LogP contribution >= 0.6 is 27.5 Å². The minimum atomic E-state index is -0.349. The molecule has 2 amide bonds. The number of amides is 2. The van der Waals surface area contributed by atoms with Gasteiger partial charge in [0.15, 0.2) is 0 Å². The molecule has 0 aliphatic carbocycles. The quantitative estimate of drug-likeness (QED) is 0.713. The molecule has 136 valence electrons. The van der Waals surface area contributed by atoms with Crippen molar-refractivity contribution in [1.82, 2.24) is 4.90 Å². The summed E-state index contributed by atoms with van der Waals surface area (Å²) in [6.07, 6.45) is 0.239. The van der Waals surface area contributed by atoms with Gasteiger partial charge in [0.2, 0.25) is 11.8 Å². The minimum absolute atomic E-state index is 0.0132. The molecule has 6 heteroatoms. The lowest BCUT2D eigenvalue weighted by molar-refractivity contribution is -0.128. The Morgan fingerprint density at radius 1 is 1.27 bits per heavy atom. The summed E-state index contributed by atoms with van der Waals surface area (Å²) in [7, 11) is 1.70. The van der Waals surface area contributed by atoms with E-state index in [0.717, 1.165) is 10.0 Å². The lowest BCUT2D eigenvalue weighted by Crippen LogP contribution is -2.34. The van der Waals surface area contributed by atoms with Crippen LogP contribution in [-0.4, -0.2) is 30.3 Å². The van der Waals surface area contributed by atoms with Crippen molar-refractivity contribution in [3.8, 4) is 0 Å². The summed E-state index contributed by atoms with van der Waals surface area (Å²) in [5.74, 6) is -0.425. The highest BCUT2D eigenvalue weighted by Crippen LogP contribution is 2.31. The van der Waals surface area contributed by atoms with Gasteiger partial charge in [-0.25, -0.2) is 0 Å². The predicted octanol–water partition coefficient (Wildman–Crippen LogP) is 4.42. The molecule has 3 rings (SSSR count). The number of likely N-dealkylation sites (tertiary alicyclic amines) is 1. The maximum atomic E-state index is 12.8. The number of anilines is 1. The van der Waals surface area contributed by atoms with E-state index in [0.29, 0.717) is 23.8 Å². The number of hydrogen-bond acceptors (Lipinski definition) is 2. The SMILES string of the molecule is Cc1ccc(CN2CC(C(=O)N(C)c3ccc(Br)cc3Cl)CC2=O)cc1. The van der Waals surface area contributed by atoms with Crippen LogP contribution in [0.4, 0.5) is 5.69 Å². The molecule has 0 N–H and O–H groups in total. The molecule has 1 fully saturated rings.